The fourth-order valence-corrected chi connectivity index (χ4v) is 5.16. The molecule has 0 aliphatic carbocycles. The van der Waals surface area contributed by atoms with Gasteiger partial charge in [0.05, 0.1) is 5.54 Å². The van der Waals surface area contributed by atoms with E-state index in [0.29, 0.717) is 0 Å². The minimum Gasteiger partial charge on any atom is -0.346 e. The average Bonchev–Trinajstić information content (AvgIpc) is 2.83. The molecule has 4 rings (SSSR count). The molecule has 1 saturated heterocycles. The summed E-state index contributed by atoms with van der Waals surface area (Å²) >= 11 is 0. The van der Waals surface area contributed by atoms with E-state index in [2.05, 4.69) is 54.6 Å². The Morgan fingerprint density at radius 2 is 2.09 bits per heavy atom. The number of aromatic nitrogens is 1. The molecule has 2 nitrogen and oxygen atoms in total. The third-order valence-electron chi connectivity index (χ3n) is 6.27. The van der Waals surface area contributed by atoms with E-state index in [1.54, 1.807) is 11.3 Å². The SMILES string of the molecule is CCCC1CCC2(C)c3c(c4ccccc4n3C)CCN2C1. The molecule has 0 bridgehead atoms. The van der Waals surface area contributed by atoms with Crippen molar-refractivity contribution in [2.45, 2.75) is 51.5 Å². The molecule has 0 spiro atoms. The molecule has 0 N–H and O–H groups in total. The van der Waals surface area contributed by atoms with Gasteiger partial charge in [-0.25, -0.2) is 0 Å². The summed E-state index contributed by atoms with van der Waals surface area (Å²) in [6.45, 7) is 7.35. The van der Waals surface area contributed by atoms with Crippen LogP contribution in [-0.4, -0.2) is 22.6 Å². The van der Waals surface area contributed by atoms with Crippen molar-refractivity contribution in [3.63, 3.8) is 0 Å². The zero-order valence-corrected chi connectivity index (χ0v) is 14.2. The molecule has 1 aromatic carbocycles. The van der Waals surface area contributed by atoms with Gasteiger partial charge in [0.25, 0.3) is 0 Å². The fourth-order valence-electron chi connectivity index (χ4n) is 5.16. The van der Waals surface area contributed by atoms with Gasteiger partial charge in [-0.3, -0.25) is 4.90 Å². The molecule has 2 unspecified atom stereocenters. The van der Waals surface area contributed by atoms with Gasteiger partial charge < -0.3 is 4.57 Å². The van der Waals surface area contributed by atoms with Crippen LogP contribution < -0.4 is 0 Å². The predicted octanol–water partition coefficient (Wildman–Crippen LogP) is 4.46. The van der Waals surface area contributed by atoms with Gasteiger partial charge in [-0.1, -0.05) is 31.5 Å². The Labute approximate surface area is 134 Å². The second-order valence-electron chi connectivity index (χ2n) is 7.57. The first-order valence-electron chi connectivity index (χ1n) is 8.97. The molecule has 0 saturated carbocycles. The lowest BCUT2D eigenvalue weighted by molar-refractivity contribution is 0.0133. The maximum absolute atomic E-state index is 2.79. The van der Waals surface area contributed by atoms with Crippen LogP contribution in [0.1, 0.15) is 50.8 Å². The summed E-state index contributed by atoms with van der Waals surface area (Å²) in [4.78, 5) is 2.79. The standard InChI is InChI=1S/C20H28N2/c1-4-7-15-10-12-20(2)19-17(11-13-22(20)14-15)16-8-5-6-9-18(16)21(19)3/h5-6,8-9,15H,4,7,10-14H2,1-3H3. The summed E-state index contributed by atoms with van der Waals surface area (Å²) in [6, 6.07) is 8.96. The molecule has 3 heterocycles. The van der Waals surface area contributed by atoms with Crippen molar-refractivity contribution in [3.05, 3.63) is 35.5 Å². The van der Waals surface area contributed by atoms with Gasteiger partial charge in [0.2, 0.25) is 0 Å². The Balaban J connectivity index is 1.81. The van der Waals surface area contributed by atoms with E-state index in [1.165, 1.54) is 56.1 Å². The van der Waals surface area contributed by atoms with Crippen LogP contribution in [-0.2, 0) is 19.0 Å². The highest BCUT2D eigenvalue weighted by Crippen LogP contribution is 2.46. The molecule has 2 aliphatic heterocycles. The van der Waals surface area contributed by atoms with Crippen molar-refractivity contribution in [2.24, 2.45) is 13.0 Å². The number of hydrogen-bond donors (Lipinski definition) is 0. The smallest absolute Gasteiger partial charge is 0.0588 e. The van der Waals surface area contributed by atoms with Crippen LogP contribution in [0.15, 0.2) is 24.3 Å². The molecular formula is C20H28N2. The van der Waals surface area contributed by atoms with Gasteiger partial charge >= 0.3 is 0 Å². The molecule has 118 valence electrons. The molecule has 22 heavy (non-hydrogen) atoms. The number of rotatable bonds is 2. The van der Waals surface area contributed by atoms with E-state index in [-0.39, 0.29) is 5.54 Å². The second kappa shape index (κ2) is 5.13. The van der Waals surface area contributed by atoms with Crippen molar-refractivity contribution in [3.8, 4) is 0 Å². The van der Waals surface area contributed by atoms with Crippen molar-refractivity contribution in [1.82, 2.24) is 9.47 Å². The highest BCUT2D eigenvalue weighted by Gasteiger charge is 2.44. The molecule has 2 heteroatoms. The van der Waals surface area contributed by atoms with Gasteiger partial charge in [-0.2, -0.15) is 0 Å². The van der Waals surface area contributed by atoms with Crippen LogP contribution >= 0.6 is 0 Å². The maximum atomic E-state index is 2.79. The zero-order chi connectivity index (χ0) is 15.3. The molecule has 1 fully saturated rings. The Bertz CT molecular complexity index is 699. The Kier molecular flexibility index (Phi) is 3.34. The second-order valence-corrected chi connectivity index (χ2v) is 7.57. The summed E-state index contributed by atoms with van der Waals surface area (Å²) in [5, 5.41) is 1.48. The number of benzene rings is 1. The van der Waals surface area contributed by atoms with Gasteiger partial charge in [0, 0.05) is 36.7 Å². The minimum atomic E-state index is 0.242. The van der Waals surface area contributed by atoms with E-state index < -0.39 is 0 Å². The first kappa shape index (κ1) is 14.3. The quantitative estimate of drug-likeness (QED) is 0.794. The zero-order valence-electron chi connectivity index (χ0n) is 14.2. The highest BCUT2D eigenvalue weighted by molar-refractivity contribution is 5.86. The van der Waals surface area contributed by atoms with E-state index in [1.807, 2.05) is 0 Å². The number of para-hydroxylation sites is 1. The van der Waals surface area contributed by atoms with Crippen molar-refractivity contribution in [2.75, 3.05) is 13.1 Å². The third kappa shape index (κ3) is 1.89. The largest absolute Gasteiger partial charge is 0.346 e. The highest BCUT2D eigenvalue weighted by atomic mass is 15.2. The Morgan fingerprint density at radius 1 is 1.27 bits per heavy atom. The average molecular weight is 296 g/mol. The van der Waals surface area contributed by atoms with E-state index in [9.17, 15) is 0 Å². The lowest BCUT2D eigenvalue weighted by atomic mass is 9.76. The van der Waals surface area contributed by atoms with E-state index >= 15 is 0 Å². The lowest BCUT2D eigenvalue weighted by Crippen LogP contribution is -2.54. The van der Waals surface area contributed by atoms with Crippen LogP contribution in [0, 0.1) is 5.92 Å². The van der Waals surface area contributed by atoms with E-state index in [0.717, 1.165) is 5.92 Å². The lowest BCUT2D eigenvalue weighted by Gasteiger charge is -2.51. The van der Waals surface area contributed by atoms with Gasteiger partial charge in [-0.05, 0) is 50.2 Å². The van der Waals surface area contributed by atoms with Crippen molar-refractivity contribution < 1.29 is 0 Å². The first-order valence-corrected chi connectivity index (χ1v) is 8.97. The van der Waals surface area contributed by atoms with Crippen LogP contribution in [0.2, 0.25) is 0 Å². The number of hydrogen-bond acceptors (Lipinski definition) is 1. The van der Waals surface area contributed by atoms with Gasteiger partial charge in [0.15, 0.2) is 0 Å². The van der Waals surface area contributed by atoms with Crippen molar-refractivity contribution >= 4 is 10.9 Å². The maximum Gasteiger partial charge on any atom is 0.0588 e. The molecule has 1 aromatic heterocycles. The van der Waals surface area contributed by atoms with Crippen LogP contribution in [0.5, 0.6) is 0 Å². The van der Waals surface area contributed by atoms with Gasteiger partial charge in [0.1, 0.15) is 0 Å². The number of nitrogens with zero attached hydrogens (tertiary/aromatic N) is 2. The minimum absolute atomic E-state index is 0.242. The molecule has 0 amide bonds. The first-order chi connectivity index (χ1) is 10.6. The number of aryl methyl sites for hydroxylation is 1. The molecule has 0 radical (unpaired) electrons. The normalized spacial score (nSPS) is 28.6. The molecule has 2 aliphatic rings. The molecule has 2 atom stereocenters. The predicted molar refractivity (Wildman–Crippen MR) is 93.2 cm³/mol. The van der Waals surface area contributed by atoms with Crippen molar-refractivity contribution in [1.29, 1.82) is 0 Å². The number of fused-ring (bicyclic) bond motifs is 5. The van der Waals surface area contributed by atoms with Crippen LogP contribution in [0.25, 0.3) is 10.9 Å². The fraction of sp³-hybridized carbons (Fsp3) is 0.600. The molecule has 2 aromatic rings. The summed E-state index contributed by atoms with van der Waals surface area (Å²) in [5.41, 5.74) is 4.86. The molecular weight excluding hydrogens is 268 g/mol. The summed E-state index contributed by atoms with van der Waals surface area (Å²) in [5.74, 6) is 0.911. The van der Waals surface area contributed by atoms with Gasteiger partial charge in [-0.15, -0.1) is 0 Å². The Morgan fingerprint density at radius 3 is 2.91 bits per heavy atom. The summed E-state index contributed by atoms with van der Waals surface area (Å²) in [7, 11) is 2.27. The topological polar surface area (TPSA) is 8.17 Å². The van der Waals surface area contributed by atoms with E-state index in [4.69, 9.17) is 0 Å². The summed E-state index contributed by atoms with van der Waals surface area (Å²) < 4.78 is 2.48. The third-order valence-corrected chi connectivity index (χ3v) is 6.27. The van der Waals surface area contributed by atoms with Crippen LogP contribution in [0.3, 0.4) is 0 Å². The summed E-state index contributed by atoms with van der Waals surface area (Å²) in [6.07, 6.45) is 6.64. The van der Waals surface area contributed by atoms with Crippen LogP contribution in [0.4, 0.5) is 0 Å². The number of piperidine rings is 1. The Hall–Kier alpha value is -1.28. The monoisotopic (exact) mass is 296 g/mol.